The van der Waals surface area contributed by atoms with Crippen LogP contribution in [0.3, 0.4) is 0 Å². The van der Waals surface area contributed by atoms with Crippen molar-refractivity contribution >= 4 is 27.8 Å². The molecule has 0 radical (unpaired) electrons. The number of H-pyrrole nitrogens is 2. The van der Waals surface area contributed by atoms with Gasteiger partial charge in [-0.05, 0) is 41.0 Å². The number of nitrogens with zero attached hydrogens (tertiary/aromatic N) is 3. The first-order chi connectivity index (χ1) is 12.9. The molecule has 0 aliphatic heterocycles. The van der Waals surface area contributed by atoms with E-state index in [0.717, 1.165) is 44.4 Å². The quantitative estimate of drug-likeness (QED) is 0.460. The molecule has 0 amide bonds. The van der Waals surface area contributed by atoms with Crippen LogP contribution in [-0.4, -0.2) is 25.1 Å². The summed E-state index contributed by atoms with van der Waals surface area (Å²) < 4.78 is 0. The van der Waals surface area contributed by atoms with Crippen LogP contribution < -0.4 is 5.32 Å². The Kier molecular flexibility index (Phi) is 3.38. The molecule has 0 aliphatic rings. The highest BCUT2D eigenvalue weighted by Gasteiger charge is 2.10. The lowest BCUT2D eigenvalue weighted by Gasteiger charge is -2.10. The van der Waals surface area contributed by atoms with E-state index in [2.05, 4.69) is 60.8 Å². The van der Waals surface area contributed by atoms with E-state index >= 15 is 0 Å². The predicted molar refractivity (Wildman–Crippen MR) is 103 cm³/mol. The maximum Gasteiger partial charge on any atom is 0.140 e. The van der Waals surface area contributed by atoms with Gasteiger partial charge in [-0.2, -0.15) is 5.10 Å². The van der Waals surface area contributed by atoms with E-state index < -0.39 is 0 Å². The first-order valence-electron chi connectivity index (χ1n) is 8.41. The SMILES string of the molecule is c1cncc(CNc2cc(-c3ccc4cn[nH]c4c3)c3cc[nH]c3n2)c1. The van der Waals surface area contributed by atoms with Gasteiger partial charge in [-0.3, -0.25) is 10.1 Å². The van der Waals surface area contributed by atoms with E-state index in [1.54, 1.807) is 6.20 Å². The molecule has 6 nitrogen and oxygen atoms in total. The van der Waals surface area contributed by atoms with Crippen molar-refractivity contribution in [2.45, 2.75) is 6.54 Å². The molecule has 26 heavy (non-hydrogen) atoms. The molecule has 0 atom stereocenters. The summed E-state index contributed by atoms with van der Waals surface area (Å²) in [5, 5.41) is 12.7. The monoisotopic (exact) mass is 340 g/mol. The first-order valence-corrected chi connectivity index (χ1v) is 8.41. The van der Waals surface area contributed by atoms with E-state index in [-0.39, 0.29) is 0 Å². The minimum atomic E-state index is 0.673. The molecule has 0 aliphatic carbocycles. The molecular weight excluding hydrogens is 324 g/mol. The van der Waals surface area contributed by atoms with E-state index in [4.69, 9.17) is 0 Å². The number of nitrogens with one attached hydrogen (secondary N) is 3. The number of rotatable bonds is 4. The third-order valence-electron chi connectivity index (χ3n) is 4.48. The van der Waals surface area contributed by atoms with Crippen molar-refractivity contribution in [2.75, 3.05) is 5.32 Å². The van der Waals surface area contributed by atoms with Crippen LogP contribution in [0.15, 0.2) is 67.3 Å². The zero-order chi connectivity index (χ0) is 17.3. The Morgan fingerprint density at radius 2 is 2.04 bits per heavy atom. The molecule has 0 unspecified atom stereocenters. The standard InChI is InChI=1S/C20H16N6/c1-2-13(10-21-6-1)11-23-19-9-17(16-5-7-22-20(16)25-19)14-3-4-15-12-24-26-18(15)8-14/h1-10,12H,11H2,(H,24,26)(H2,22,23,25). The summed E-state index contributed by atoms with van der Waals surface area (Å²) in [7, 11) is 0. The summed E-state index contributed by atoms with van der Waals surface area (Å²) in [5.41, 5.74) is 5.25. The van der Waals surface area contributed by atoms with E-state index in [9.17, 15) is 0 Å². The predicted octanol–water partition coefficient (Wildman–Crippen LogP) is 4.11. The Morgan fingerprint density at radius 1 is 1.04 bits per heavy atom. The lowest BCUT2D eigenvalue weighted by molar-refractivity contribution is 1.09. The first kappa shape index (κ1) is 14.7. The van der Waals surface area contributed by atoms with Gasteiger partial charge >= 0.3 is 0 Å². The molecule has 3 N–H and O–H groups in total. The maximum atomic E-state index is 4.68. The molecule has 6 heteroatoms. The van der Waals surface area contributed by atoms with Crippen molar-refractivity contribution in [3.8, 4) is 11.1 Å². The van der Waals surface area contributed by atoms with Gasteiger partial charge in [-0.1, -0.05) is 18.2 Å². The Bertz CT molecular complexity index is 1190. The van der Waals surface area contributed by atoms with Gasteiger partial charge in [-0.15, -0.1) is 0 Å². The number of benzene rings is 1. The Labute approximate surface area is 149 Å². The average molecular weight is 340 g/mol. The van der Waals surface area contributed by atoms with Crippen molar-refractivity contribution in [2.24, 2.45) is 0 Å². The van der Waals surface area contributed by atoms with Gasteiger partial charge in [0.2, 0.25) is 0 Å². The Morgan fingerprint density at radius 3 is 2.96 bits per heavy atom. The summed E-state index contributed by atoms with van der Waals surface area (Å²) in [4.78, 5) is 12.1. The van der Waals surface area contributed by atoms with Gasteiger partial charge < -0.3 is 10.3 Å². The smallest absolute Gasteiger partial charge is 0.140 e. The maximum absolute atomic E-state index is 4.68. The van der Waals surface area contributed by atoms with Crippen LogP contribution >= 0.6 is 0 Å². The zero-order valence-corrected chi connectivity index (χ0v) is 13.9. The number of pyridine rings is 2. The highest BCUT2D eigenvalue weighted by molar-refractivity contribution is 5.97. The number of hydrogen-bond donors (Lipinski definition) is 3. The molecule has 0 fully saturated rings. The topological polar surface area (TPSA) is 82.3 Å². The molecule has 126 valence electrons. The minimum Gasteiger partial charge on any atom is -0.366 e. The Balaban J connectivity index is 1.56. The van der Waals surface area contributed by atoms with E-state index in [1.165, 1.54) is 0 Å². The van der Waals surface area contributed by atoms with Crippen molar-refractivity contribution in [3.63, 3.8) is 0 Å². The third kappa shape index (κ3) is 2.57. The number of fused-ring (bicyclic) bond motifs is 2. The molecule has 4 heterocycles. The molecule has 4 aromatic heterocycles. The van der Waals surface area contributed by atoms with Crippen LogP contribution in [0.5, 0.6) is 0 Å². The minimum absolute atomic E-state index is 0.673. The van der Waals surface area contributed by atoms with Crippen molar-refractivity contribution in [3.05, 3.63) is 72.8 Å². The van der Waals surface area contributed by atoms with Crippen LogP contribution in [0.25, 0.3) is 33.1 Å². The summed E-state index contributed by atoms with van der Waals surface area (Å²) in [5.74, 6) is 0.823. The summed E-state index contributed by atoms with van der Waals surface area (Å²) in [6.07, 6.45) is 7.38. The van der Waals surface area contributed by atoms with Crippen LogP contribution in [0.4, 0.5) is 5.82 Å². The average Bonchev–Trinajstić information content (AvgIpc) is 3.35. The molecular formula is C20H16N6. The Hall–Kier alpha value is -3.67. The fourth-order valence-corrected chi connectivity index (χ4v) is 3.17. The largest absolute Gasteiger partial charge is 0.366 e. The van der Waals surface area contributed by atoms with Gasteiger partial charge in [0, 0.05) is 35.9 Å². The van der Waals surface area contributed by atoms with Crippen molar-refractivity contribution in [1.82, 2.24) is 25.1 Å². The number of anilines is 1. The number of aromatic amines is 2. The summed E-state index contributed by atoms with van der Waals surface area (Å²) in [6, 6.07) is 14.4. The summed E-state index contributed by atoms with van der Waals surface area (Å²) in [6.45, 7) is 0.673. The second kappa shape index (κ2) is 6.00. The van der Waals surface area contributed by atoms with E-state index in [0.29, 0.717) is 6.54 Å². The molecule has 5 aromatic rings. The highest BCUT2D eigenvalue weighted by Crippen LogP contribution is 2.31. The van der Waals surface area contributed by atoms with Crippen LogP contribution in [0.1, 0.15) is 5.56 Å². The third-order valence-corrected chi connectivity index (χ3v) is 4.48. The highest BCUT2D eigenvalue weighted by atomic mass is 15.1. The van der Waals surface area contributed by atoms with Gasteiger partial charge in [0.05, 0.1) is 11.7 Å². The van der Waals surface area contributed by atoms with Gasteiger partial charge in [0.25, 0.3) is 0 Å². The molecule has 1 aromatic carbocycles. The lowest BCUT2D eigenvalue weighted by atomic mass is 10.0. The molecule has 5 rings (SSSR count). The van der Waals surface area contributed by atoms with Crippen LogP contribution in [-0.2, 0) is 6.54 Å². The molecule has 0 saturated carbocycles. The summed E-state index contributed by atoms with van der Waals surface area (Å²) >= 11 is 0. The fraction of sp³-hybridized carbons (Fsp3) is 0.0500. The number of hydrogen-bond acceptors (Lipinski definition) is 4. The number of aromatic nitrogens is 5. The molecule has 0 saturated heterocycles. The van der Waals surface area contributed by atoms with Crippen molar-refractivity contribution < 1.29 is 0 Å². The zero-order valence-electron chi connectivity index (χ0n) is 13.9. The van der Waals surface area contributed by atoms with Gasteiger partial charge in [0.15, 0.2) is 0 Å². The van der Waals surface area contributed by atoms with Crippen LogP contribution in [0, 0.1) is 0 Å². The lowest BCUT2D eigenvalue weighted by Crippen LogP contribution is -2.02. The van der Waals surface area contributed by atoms with Gasteiger partial charge in [0.1, 0.15) is 11.5 Å². The van der Waals surface area contributed by atoms with E-state index in [1.807, 2.05) is 30.7 Å². The van der Waals surface area contributed by atoms with Crippen LogP contribution in [0.2, 0.25) is 0 Å². The second-order valence-electron chi connectivity index (χ2n) is 6.18. The molecule has 0 spiro atoms. The van der Waals surface area contributed by atoms with Crippen molar-refractivity contribution in [1.29, 1.82) is 0 Å². The normalized spacial score (nSPS) is 11.2. The second-order valence-corrected chi connectivity index (χ2v) is 6.18. The molecule has 0 bridgehead atoms. The fourth-order valence-electron chi connectivity index (χ4n) is 3.17. The van der Waals surface area contributed by atoms with Gasteiger partial charge in [-0.25, -0.2) is 4.98 Å².